The monoisotopic (exact) mass is 371 g/mol. The predicted octanol–water partition coefficient (Wildman–Crippen LogP) is 3.17. The molecule has 0 fully saturated rings. The summed E-state index contributed by atoms with van der Waals surface area (Å²) in [7, 11) is 1.27. The summed E-state index contributed by atoms with van der Waals surface area (Å²) >= 11 is 0. The van der Waals surface area contributed by atoms with Gasteiger partial charge in [0.2, 0.25) is 0 Å². The molecule has 0 saturated carbocycles. The Bertz CT molecular complexity index is 831. The van der Waals surface area contributed by atoms with E-state index >= 15 is 0 Å². The van der Waals surface area contributed by atoms with Crippen LogP contribution in [0.2, 0.25) is 0 Å². The summed E-state index contributed by atoms with van der Waals surface area (Å²) in [5.41, 5.74) is 2.66. The normalized spacial score (nSPS) is 10.5. The van der Waals surface area contributed by atoms with Gasteiger partial charge in [-0.15, -0.1) is 0 Å². The SMILES string of the molecule is COC(=O)/C=N/OCc1ccccc1COc1ccc(OC(C)=O)cc1C. The lowest BCUT2D eigenvalue weighted by Crippen LogP contribution is -2.04. The van der Waals surface area contributed by atoms with Gasteiger partial charge >= 0.3 is 11.9 Å². The van der Waals surface area contributed by atoms with Crippen LogP contribution in [0, 0.1) is 6.92 Å². The van der Waals surface area contributed by atoms with E-state index in [9.17, 15) is 9.59 Å². The number of carbonyl (C=O) groups excluding carboxylic acids is 2. The Hall–Kier alpha value is -3.35. The summed E-state index contributed by atoms with van der Waals surface area (Å²) < 4.78 is 15.4. The zero-order valence-electron chi connectivity index (χ0n) is 15.4. The molecule has 0 N–H and O–H groups in total. The molecule has 0 aliphatic heterocycles. The van der Waals surface area contributed by atoms with Gasteiger partial charge in [0.15, 0.2) is 6.21 Å². The third-order valence-electron chi connectivity index (χ3n) is 3.56. The van der Waals surface area contributed by atoms with Crippen molar-refractivity contribution in [1.29, 1.82) is 0 Å². The molecule has 0 aliphatic rings. The second-order valence-corrected chi connectivity index (χ2v) is 5.61. The van der Waals surface area contributed by atoms with Gasteiger partial charge in [-0.05, 0) is 41.8 Å². The molecule has 2 rings (SSSR count). The molecule has 0 atom stereocenters. The summed E-state index contributed by atoms with van der Waals surface area (Å²) in [6.07, 6.45) is 0.965. The molecule has 0 spiro atoms. The van der Waals surface area contributed by atoms with Gasteiger partial charge in [0.05, 0.1) is 7.11 Å². The highest BCUT2D eigenvalue weighted by molar-refractivity contribution is 6.22. The molecular weight excluding hydrogens is 350 g/mol. The number of ether oxygens (including phenoxy) is 3. The lowest BCUT2D eigenvalue weighted by atomic mass is 10.1. The average molecular weight is 371 g/mol. The van der Waals surface area contributed by atoms with Gasteiger partial charge in [0.1, 0.15) is 24.7 Å². The van der Waals surface area contributed by atoms with E-state index in [1.54, 1.807) is 18.2 Å². The number of aryl methyl sites for hydroxylation is 1. The van der Waals surface area contributed by atoms with Crippen molar-refractivity contribution in [3.05, 3.63) is 59.2 Å². The molecule has 0 bridgehead atoms. The molecule has 2 aromatic carbocycles. The van der Waals surface area contributed by atoms with Crippen LogP contribution in [0.3, 0.4) is 0 Å². The van der Waals surface area contributed by atoms with Crippen LogP contribution in [0.4, 0.5) is 0 Å². The van der Waals surface area contributed by atoms with E-state index < -0.39 is 5.97 Å². The van der Waals surface area contributed by atoms with Crippen molar-refractivity contribution in [3.8, 4) is 11.5 Å². The summed E-state index contributed by atoms with van der Waals surface area (Å²) in [6, 6.07) is 12.8. The largest absolute Gasteiger partial charge is 0.489 e. The van der Waals surface area contributed by atoms with Crippen molar-refractivity contribution in [2.75, 3.05) is 7.11 Å². The van der Waals surface area contributed by atoms with E-state index in [0.29, 0.717) is 18.1 Å². The van der Waals surface area contributed by atoms with E-state index in [0.717, 1.165) is 22.9 Å². The Morgan fingerprint density at radius 2 is 1.78 bits per heavy atom. The second kappa shape index (κ2) is 9.96. The van der Waals surface area contributed by atoms with Crippen LogP contribution in [-0.4, -0.2) is 25.3 Å². The first-order valence-electron chi connectivity index (χ1n) is 8.21. The summed E-state index contributed by atoms with van der Waals surface area (Å²) in [6.45, 7) is 3.75. The highest BCUT2D eigenvalue weighted by Gasteiger charge is 2.07. The standard InChI is InChI=1S/C20H21NO6/c1-14-10-18(27-15(2)22)8-9-19(14)25-12-16-6-4-5-7-17(16)13-26-21-11-20(23)24-3/h4-11H,12-13H2,1-3H3/b21-11+. The zero-order valence-corrected chi connectivity index (χ0v) is 15.4. The molecule has 27 heavy (non-hydrogen) atoms. The van der Waals surface area contributed by atoms with Crippen LogP contribution in [-0.2, 0) is 32.4 Å². The molecule has 7 nitrogen and oxygen atoms in total. The van der Waals surface area contributed by atoms with Gasteiger partial charge in [-0.3, -0.25) is 4.79 Å². The Morgan fingerprint density at radius 3 is 2.41 bits per heavy atom. The maximum Gasteiger partial charge on any atom is 0.352 e. The lowest BCUT2D eigenvalue weighted by molar-refractivity contribution is -0.133. The van der Waals surface area contributed by atoms with Crippen molar-refractivity contribution < 1.29 is 28.6 Å². The van der Waals surface area contributed by atoms with Crippen LogP contribution in [0.1, 0.15) is 23.6 Å². The van der Waals surface area contributed by atoms with Gasteiger partial charge in [-0.25, -0.2) is 4.79 Å². The minimum absolute atomic E-state index is 0.192. The lowest BCUT2D eigenvalue weighted by Gasteiger charge is -2.13. The quantitative estimate of drug-likeness (QED) is 0.307. The maximum absolute atomic E-state index is 11.0. The summed E-state index contributed by atoms with van der Waals surface area (Å²) in [4.78, 5) is 27.1. The first-order valence-corrected chi connectivity index (χ1v) is 8.21. The molecule has 7 heteroatoms. The van der Waals surface area contributed by atoms with Crippen LogP contribution in [0.15, 0.2) is 47.6 Å². The van der Waals surface area contributed by atoms with E-state index in [2.05, 4.69) is 9.89 Å². The molecule has 0 amide bonds. The first kappa shape index (κ1) is 20.0. The van der Waals surface area contributed by atoms with E-state index in [4.69, 9.17) is 14.3 Å². The second-order valence-electron chi connectivity index (χ2n) is 5.61. The number of hydrogen-bond acceptors (Lipinski definition) is 7. The first-order chi connectivity index (χ1) is 13.0. The molecule has 0 heterocycles. The number of methoxy groups -OCH3 is 1. The highest BCUT2D eigenvalue weighted by Crippen LogP contribution is 2.25. The van der Waals surface area contributed by atoms with Crippen molar-refractivity contribution in [2.45, 2.75) is 27.1 Å². The number of rotatable bonds is 8. The number of hydrogen-bond donors (Lipinski definition) is 0. The van der Waals surface area contributed by atoms with Gasteiger partial charge in [0.25, 0.3) is 0 Å². The Balaban J connectivity index is 1.99. The Labute approximate surface area is 157 Å². The van der Waals surface area contributed by atoms with Crippen molar-refractivity contribution >= 4 is 18.2 Å². The molecule has 0 radical (unpaired) electrons. The number of esters is 2. The topological polar surface area (TPSA) is 83.4 Å². The molecule has 2 aromatic rings. The highest BCUT2D eigenvalue weighted by atomic mass is 16.6. The molecule has 142 valence electrons. The predicted molar refractivity (Wildman–Crippen MR) is 98.6 cm³/mol. The number of carbonyl (C=O) groups is 2. The minimum atomic E-state index is -0.584. The fraction of sp³-hybridized carbons (Fsp3) is 0.250. The minimum Gasteiger partial charge on any atom is -0.489 e. The Kier molecular flexibility index (Phi) is 7.37. The third-order valence-corrected chi connectivity index (χ3v) is 3.56. The summed E-state index contributed by atoms with van der Waals surface area (Å²) in [5.74, 6) is 0.209. The van der Waals surface area contributed by atoms with Crippen molar-refractivity contribution in [1.82, 2.24) is 0 Å². The molecule has 0 unspecified atom stereocenters. The maximum atomic E-state index is 11.0. The van der Waals surface area contributed by atoms with Gasteiger partial charge in [-0.1, -0.05) is 29.4 Å². The van der Waals surface area contributed by atoms with Crippen molar-refractivity contribution in [3.63, 3.8) is 0 Å². The number of benzene rings is 2. The van der Waals surface area contributed by atoms with Gasteiger partial charge in [0, 0.05) is 6.92 Å². The number of oxime groups is 1. The van der Waals surface area contributed by atoms with Crippen LogP contribution < -0.4 is 9.47 Å². The smallest absolute Gasteiger partial charge is 0.352 e. The fourth-order valence-corrected chi connectivity index (χ4v) is 2.25. The fourth-order valence-electron chi connectivity index (χ4n) is 2.25. The third kappa shape index (κ3) is 6.47. The van der Waals surface area contributed by atoms with Crippen LogP contribution in [0.5, 0.6) is 11.5 Å². The molecule has 0 aromatic heterocycles. The zero-order chi connectivity index (χ0) is 19.6. The van der Waals surface area contributed by atoms with Gasteiger partial charge in [-0.2, -0.15) is 0 Å². The van der Waals surface area contributed by atoms with Gasteiger partial charge < -0.3 is 19.0 Å². The van der Waals surface area contributed by atoms with E-state index in [1.807, 2.05) is 31.2 Å². The number of nitrogens with zero attached hydrogens (tertiary/aromatic N) is 1. The van der Waals surface area contributed by atoms with Crippen molar-refractivity contribution in [2.24, 2.45) is 5.16 Å². The van der Waals surface area contributed by atoms with Crippen LogP contribution >= 0.6 is 0 Å². The molecule has 0 saturated heterocycles. The molecular formula is C20H21NO6. The summed E-state index contributed by atoms with van der Waals surface area (Å²) in [5, 5.41) is 3.56. The van der Waals surface area contributed by atoms with E-state index in [1.165, 1.54) is 14.0 Å². The van der Waals surface area contributed by atoms with E-state index in [-0.39, 0.29) is 12.6 Å². The average Bonchev–Trinajstić information content (AvgIpc) is 2.64. The van der Waals surface area contributed by atoms with Crippen LogP contribution in [0.25, 0.3) is 0 Å². The molecule has 0 aliphatic carbocycles. The Morgan fingerprint density at radius 1 is 1.07 bits per heavy atom.